The lowest BCUT2D eigenvalue weighted by atomic mass is 10.1. The number of hydrogen-bond acceptors (Lipinski definition) is 4. The van der Waals surface area contributed by atoms with Crippen LogP contribution in [0.5, 0.6) is 11.5 Å². The van der Waals surface area contributed by atoms with Gasteiger partial charge in [-0.1, -0.05) is 11.6 Å². The molecule has 0 fully saturated rings. The first-order valence-corrected chi connectivity index (χ1v) is 6.90. The summed E-state index contributed by atoms with van der Waals surface area (Å²) in [7, 11) is 4.14. The maximum absolute atomic E-state index is 6.21. The number of benzene rings is 1. The monoisotopic (exact) mass is 284 g/mol. The van der Waals surface area contributed by atoms with E-state index in [0.29, 0.717) is 30.0 Å². The highest BCUT2D eigenvalue weighted by Crippen LogP contribution is 2.38. The minimum atomic E-state index is 0.418. The summed E-state index contributed by atoms with van der Waals surface area (Å²) in [5.74, 6) is 1.41. The Morgan fingerprint density at radius 3 is 2.79 bits per heavy atom. The number of likely N-dealkylation sites (N-methyl/N-ethyl adjacent to an activating group) is 1. The van der Waals surface area contributed by atoms with Gasteiger partial charge in [-0.15, -0.1) is 0 Å². The van der Waals surface area contributed by atoms with Crippen molar-refractivity contribution in [2.24, 2.45) is 0 Å². The Labute approximate surface area is 119 Å². The molecule has 0 saturated heterocycles. The molecule has 4 nitrogen and oxygen atoms in total. The first-order valence-electron chi connectivity index (χ1n) is 6.52. The van der Waals surface area contributed by atoms with Crippen molar-refractivity contribution in [3.05, 3.63) is 22.7 Å². The summed E-state index contributed by atoms with van der Waals surface area (Å²) in [4.78, 5) is 2.16. The fraction of sp³-hybridized carbons (Fsp3) is 0.571. The van der Waals surface area contributed by atoms with Gasteiger partial charge in [-0.25, -0.2) is 0 Å². The molecule has 1 aromatic carbocycles. The van der Waals surface area contributed by atoms with E-state index in [1.807, 2.05) is 12.1 Å². The molecule has 1 aliphatic heterocycles. The molecule has 0 bridgehead atoms. The third-order valence-corrected chi connectivity index (χ3v) is 3.23. The van der Waals surface area contributed by atoms with Gasteiger partial charge in [0.15, 0.2) is 11.5 Å². The zero-order chi connectivity index (χ0) is 13.8. The van der Waals surface area contributed by atoms with Crippen LogP contribution in [0.15, 0.2) is 12.1 Å². The minimum Gasteiger partial charge on any atom is -0.486 e. The lowest BCUT2D eigenvalue weighted by Gasteiger charge is -2.21. The highest BCUT2D eigenvalue weighted by Gasteiger charge is 2.16. The summed E-state index contributed by atoms with van der Waals surface area (Å²) in [5, 5.41) is 4.09. The van der Waals surface area contributed by atoms with Gasteiger partial charge in [0, 0.05) is 19.1 Å². The van der Waals surface area contributed by atoms with Crippen LogP contribution in [-0.4, -0.2) is 44.8 Å². The molecule has 1 aliphatic rings. The number of hydrogen-bond donors (Lipinski definition) is 1. The molecule has 0 aliphatic carbocycles. The fourth-order valence-electron chi connectivity index (χ4n) is 2.17. The lowest BCUT2D eigenvalue weighted by molar-refractivity contribution is 0.171. The molecule has 19 heavy (non-hydrogen) atoms. The molecule has 0 radical (unpaired) electrons. The van der Waals surface area contributed by atoms with E-state index in [1.165, 1.54) is 0 Å². The second-order valence-electron chi connectivity index (χ2n) is 5.15. The van der Waals surface area contributed by atoms with Crippen LogP contribution in [0.3, 0.4) is 0 Å². The number of rotatable bonds is 5. The van der Waals surface area contributed by atoms with Crippen LogP contribution in [0.2, 0.25) is 5.02 Å². The first kappa shape index (κ1) is 14.4. The van der Waals surface area contributed by atoms with Crippen molar-refractivity contribution in [2.45, 2.75) is 19.5 Å². The van der Waals surface area contributed by atoms with E-state index >= 15 is 0 Å². The molecule has 106 valence electrons. The minimum absolute atomic E-state index is 0.418. The van der Waals surface area contributed by atoms with E-state index in [-0.39, 0.29) is 0 Å². The number of nitrogens with one attached hydrogen (secondary N) is 1. The summed E-state index contributed by atoms with van der Waals surface area (Å²) < 4.78 is 11.1. The summed E-state index contributed by atoms with van der Waals surface area (Å²) in [6.45, 7) is 5.07. The first-order chi connectivity index (χ1) is 9.06. The van der Waals surface area contributed by atoms with E-state index in [2.05, 4.69) is 31.2 Å². The number of fused-ring (bicyclic) bond motifs is 1. The van der Waals surface area contributed by atoms with Crippen LogP contribution in [0, 0.1) is 0 Å². The molecule has 5 heteroatoms. The Morgan fingerprint density at radius 2 is 2.05 bits per heavy atom. The van der Waals surface area contributed by atoms with Gasteiger partial charge >= 0.3 is 0 Å². The summed E-state index contributed by atoms with van der Waals surface area (Å²) in [5.41, 5.74) is 1.11. The Bertz CT molecular complexity index is 438. The molecule has 1 atom stereocenters. The van der Waals surface area contributed by atoms with Gasteiger partial charge in [0.1, 0.15) is 13.2 Å². The van der Waals surface area contributed by atoms with Gasteiger partial charge < -0.3 is 19.7 Å². The zero-order valence-corrected chi connectivity index (χ0v) is 12.5. The van der Waals surface area contributed by atoms with Crippen molar-refractivity contribution >= 4 is 11.6 Å². The standard InChI is InChI=1S/C14H21ClN2O2/c1-10(9-17(2)3)16-8-11-6-12(15)14-13(7-11)18-4-5-19-14/h6-7,10,16H,4-5,8-9H2,1-3H3. The van der Waals surface area contributed by atoms with Crippen LogP contribution >= 0.6 is 11.6 Å². The maximum atomic E-state index is 6.21. The third-order valence-electron chi connectivity index (χ3n) is 2.95. The SMILES string of the molecule is CC(CN(C)C)NCc1cc(Cl)c2c(c1)OCCO2. The van der Waals surface area contributed by atoms with Crippen molar-refractivity contribution in [3.63, 3.8) is 0 Å². The molecule has 0 amide bonds. The summed E-state index contributed by atoms with van der Waals surface area (Å²) in [6.07, 6.45) is 0. The van der Waals surface area contributed by atoms with E-state index in [4.69, 9.17) is 21.1 Å². The van der Waals surface area contributed by atoms with Gasteiger partial charge in [0.25, 0.3) is 0 Å². The Kier molecular flexibility index (Phi) is 4.91. The fourth-order valence-corrected chi connectivity index (χ4v) is 2.46. The molecular weight excluding hydrogens is 264 g/mol. The quantitative estimate of drug-likeness (QED) is 0.898. The van der Waals surface area contributed by atoms with E-state index in [0.717, 1.165) is 24.4 Å². The van der Waals surface area contributed by atoms with Crippen LogP contribution in [0.25, 0.3) is 0 Å². The van der Waals surface area contributed by atoms with Crippen LogP contribution in [0.1, 0.15) is 12.5 Å². The van der Waals surface area contributed by atoms with Crippen molar-refractivity contribution in [1.29, 1.82) is 0 Å². The third kappa shape index (κ3) is 4.00. The average Bonchev–Trinajstić information content (AvgIpc) is 2.36. The van der Waals surface area contributed by atoms with Crippen molar-refractivity contribution in [3.8, 4) is 11.5 Å². The summed E-state index contributed by atoms with van der Waals surface area (Å²) in [6, 6.07) is 4.35. The van der Waals surface area contributed by atoms with Crippen molar-refractivity contribution in [1.82, 2.24) is 10.2 Å². The van der Waals surface area contributed by atoms with E-state index in [9.17, 15) is 0 Å². The van der Waals surface area contributed by atoms with Crippen molar-refractivity contribution < 1.29 is 9.47 Å². The lowest BCUT2D eigenvalue weighted by Crippen LogP contribution is -2.35. The smallest absolute Gasteiger partial charge is 0.179 e. The Balaban J connectivity index is 1.99. The normalized spacial score (nSPS) is 15.6. The highest BCUT2D eigenvalue weighted by atomic mass is 35.5. The molecular formula is C14H21ClN2O2. The van der Waals surface area contributed by atoms with E-state index in [1.54, 1.807) is 0 Å². The molecule has 2 rings (SSSR count). The largest absolute Gasteiger partial charge is 0.486 e. The van der Waals surface area contributed by atoms with Gasteiger partial charge in [-0.3, -0.25) is 0 Å². The number of halogens is 1. The van der Waals surface area contributed by atoms with Crippen LogP contribution in [0.4, 0.5) is 0 Å². The summed E-state index contributed by atoms with van der Waals surface area (Å²) >= 11 is 6.21. The highest BCUT2D eigenvalue weighted by molar-refractivity contribution is 6.32. The number of nitrogens with zero attached hydrogens (tertiary/aromatic N) is 1. The van der Waals surface area contributed by atoms with Gasteiger partial charge in [-0.05, 0) is 38.7 Å². The Hall–Kier alpha value is -0.970. The second kappa shape index (κ2) is 6.46. The van der Waals surface area contributed by atoms with Gasteiger partial charge in [-0.2, -0.15) is 0 Å². The van der Waals surface area contributed by atoms with Crippen molar-refractivity contribution in [2.75, 3.05) is 33.9 Å². The molecule has 0 spiro atoms. The van der Waals surface area contributed by atoms with E-state index < -0.39 is 0 Å². The molecule has 0 aromatic heterocycles. The number of ether oxygens (including phenoxy) is 2. The van der Waals surface area contributed by atoms with Crippen LogP contribution < -0.4 is 14.8 Å². The molecule has 1 unspecified atom stereocenters. The topological polar surface area (TPSA) is 33.7 Å². The molecule has 1 N–H and O–H groups in total. The predicted octanol–water partition coefficient (Wildman–Crippen LogP) is 2.15. The van der Waals surface area contributed by atoms with Gasteiger partial charge in [0.05, 0.1) is 5.02 Å². The average molecular weight is 285 g/mol. The zero-order valence-electron chi connectivity index (χ0n) is 11.7. The molecule has 0 saturated carbocycles. The van der Waals surface area contributed by atoms with Crippen LogP contribution in [-0.2, 0) is 6.54 Å². The molecule has 1 heterocycles. The maximum Gasteiger partial charge on any atom is 0.179 e. The van der Waals surface area contributed by atoms with Gasteiger partial charge in [0.2, 0.25) is 0 Å². The predicted molar refractivity (Wildman–Crippen MR) is 77.3 cm³/mol. The second-order valence-corrected chi connectivity index (χ2v) is 5.55. The molecule has 1 aromatic rings. The Morgan fingerprint density at radius 1 is 1.32 bits per heavy atom.